The molecule has 2 heteroatoms. The van der Waals surface area contributed by atoms with Crippen molar-refractivity contribution in [1.29, 1.82) is 0 Å². The van der Waals surface area contributed by atoms with E-state index in [0.717, 1.165) is 16.9 Å². The molecule has 1 aromatic carbocycles. The normalized spacial score (nSPS) is 27.8. The Labute approximate surface area is 87.7 Å². The Morgan fingerprint density at radius 2 is 2.00 bits per heavy atom. The standard InChI is InChI=1S/C11H14BrN/c1-8-6-7-13-11(8)9-2-4-10(12)5-3-9/h2-5,8,11,13H,6-7H2,1H3. The number of hydrogen-bond donors (Lipinski definition) is 1. The summed E-state index contributed by atoms with van der Waals surface area (Å²) in [5.74, 6) is 0.765. The monoisotopic (exact) mass is 239 g/mol. The number of benzene rings is 1. The number of hydrogen-bond acceptors (Lipinski definition) is 1. The largest absolute Gasteiger partial charge is 0.310 e. The van der Waals surface area contributed by atoms with Crippen molar-refractivity contribution in [2.24, 2.45) is 5.92 Å². The van der Waals surface area contributed by atoms with Crippen LogP contribution in [0.25, 0.3) is 0 Å². The second-order valence-electron chi connectivity index (χ2n) is 3.75. The van der Waals surface area contributed by atoms with E-state index in [1.54, 1.807) is 0 Å². The second-order valence-corrected chi connectivity index (χ2v) is 4.66. The van der Waals surface area contributed by atoms with Crippen molar-refractivity contribution in [2.45, 2.75) is 19.4 Å². The fourth-order valence-electron chi connectivity index (χ4n) is 1.95. The van der Waals surface area contributed by atoms with E-state index >= 15 is 0 Å². The van der Waals surface area contributed by atoms with Crippen LogP contribution in [0.1, 0.15) is 24.9 Å². The smallest absolute Gasteiger partial charge is 0.0346 e. The molecule has 0 aromatic heterocycles. The molecular formula is C11H14BrN. The van der Waals surface area contributed by atoms with E-state index in [4.69, 9.17) is 0 Å². The van der Waals surface area contributed by atoms with Crippen LogP contribution >= 0.6 is 15.9 Å². The minimum Gasteiger partial charge on any atom is -0.310 e. The lowest BCUT2D eigenvalue weighted by Crippen LogP contribution is -2.16. The summed E-state index contributed by atoms with van der Waals surface area (Å²) < 4.78 is 1.15. The first-order valence-electron chi connectivity index (χ1n) is 4.76. The second kappa shape index (κ2) is 3.81. The zero-order valence-electron chi connectivity index (χ0n) is 7.76. The molecule has 13 heavy (non-hydrogen) atoms. The minimum atomic E-state index is 0.563. The van der Waals surface area contributed by atoms with E-state index in [9.17, 15) is 0 Å². The van der Waals surface area contributed by atoms with Crippen molar-refractivity contribution >= 4 is 15.9 Å². The number of halogens is 1. The minimum absolute atomic E-state index is 0.563. The van der Waals surface area contributed by atoms with Crippen molar-refractivity contribution in [2.75, 3.05) is 6.54 Å². The third-order valence-corrected chi connectivity index (χ3v) is 3.29. The van der Waals surface area contributed by atoms with Gasteiger partial charge in [-0.15, -0.1) is 0 Å². The molecule has 2 atom stereocenters. The van der Waals surface area contributed by atoms with Gasteiger partial charge in [-0.05, 0) is 36.6 Å². The summed E-state index contributed by atoms with van der Waals surface area (Å²) in [4.78, 5) is 0. The lowest BCUT2D eigenvalue weighted by Gasteiger charge is -2.15. The van der Waals surface area contributed by atoms with E-state index in [0.29, 0.717) is 6.04 Å². The topological polar surface area (TPSA) is 12.0 Å². The van der Waals surface area contributed by atoms with E-state index in [2.05, 4.69) is 52.4 Å². The maximum Gasteiger partial charge on any atom is 0.0346 e. The summed E-state index contributed by atoms with van der Waals surface area (Å²) >= 11 is 3.45. The molecule has 1 nitrogen and oxygen atoms in total. The van der Waals surface area contributed by atoms with Gasteiger partial charge in [0.1, 0.15) is 0 Å². The van der Waals surface area contributed by atoms with Crippen LogP contribution in [0.3, 0.4) is 0 Å². The van der Waals surface area contributed by atoms with Gasteiger partial charge in [-0.1, -0.05) is 35.0 Å². The highest BCUT2D eigenvalue weighted by Crippen LogP contribution is 2.29. The van der Waals surface area contributed by atoms with Gasteiger partial charge >= 0.3 is 0 Å². The predicted octanol–water partition coefficient (Wildman–Crippen LogP) is 3.12. The quantitative estimate of drug-likeness (QED) is 0.795. The highest BCUT2D eigenvalue weighted by Gasteiger charge is 2.23. The fraction of sp³-hybridized carbons (Fsp3) is 0.455. The molecule has 0 aliphatic carbocycles. The SMILES string of the molecule is CC1CCNC1c1ccc(Br)cc1. The molecule has 0 radical (unpaired) electrons. The zero-order chi connectivity index (χ0) is 9.26. The van der Waals surface area contributed by atoms with Crippen LogP contribution in [-0.2, 0) is 0 Å². The molecule has 2 rings (SSSR count). The van der Waals surface area contributed by atoms with Crippen LogP contribution < -0.4 is 5.32 Å². The van der Waals surface area contributed by atoms with Crippen LogP contribution in [0.4, 0.5) is 0 Å². The Balaban J connectivity index is 2.20. The highest BCUT2D eigenvalue weighted by molar-refractivity contribution is 9.10. The summed E-state index contributed by atoms with van der Waals surface area (Å²) in [7, 11) is 0. The molecule has 0 bridgehead atoms. The summed E-state index contributed by atoms with van der Waals surface area (Å²) in [6.07, 6.45) is 1.29. The van der Waals surface area contributed by atoms with E-state index in [-0.39, 0.29) is 0 Å². The van der Waals surface area contributed by atoms with Gasteiger partial charge in [0, 0.05) is 10.5 Å². The summed E-state index contributed by atoms with van der Waals surface area (Å²) in [5.41, 5.74) is 1.41. The summed E-state index contributed by atoms with van der Waals surface area (Å²) in [6.45, 7) is 3.47. The van der Waals surface area contributed by atoms with E-state index < -0.39 is 0 Å². The molecule has 1 aromatic rings. The van der Waals surface area contributed by atoms with Gasteiger partial charge in [-0.2, -0.15) is 0 Å². The summed E-state index contributed by atoms with van der Waals surface area (Å²) in [6, 6.07) is 9.19. The molecule has 1 fully saturated rings. The third-order valence-electron chi connectivity index (χ3n) is 2.76. The molecule has 1 saturated heterocycles. The summed E-state index contributed by atoms with van der Waals surface area (Å²) in [5, 5.41) is 3.53. The van der Waals surface area contributed by atoms with Crippen LogP contribution in [0.15, 0.2) is 28.7 Å². The van der Waals surface area contributed by atoms with Gasteiger partial charge in [0.25, 0.3) is 0 Å². The average molecular weight is 240 g/mol. The van der Waals surface area contributed by atoms with Crippen LogP contribution in [0.5, 0.6) is 0 Å². The maximum atomic E-state index is 3.53. The fourth-order valence-corrected chi connectivity index (χ4v) is 2.22. The molecule has 0 spiro atoms. The Kier molecular flexibility index (Phi) is 2.70. The molecular weight excluding hydrogens is 226 g/mol. The van der Waals surface area contributed by atoms with Crippen molar-refractivity contribution in [1.82, 2.24) is 5.32 Å². The van der Waals surface area contributed by atoms with Crippen molar-refractivity contribution in [3.05, 3.63) is 34.3 Å². The van der Waals surface area contributed by atoms with Gasteiger partial charge in [0.15, 0.2) is 0 Å². The van der Waals surface area contributed by atoms with Gasteiger partial charge in [-0.3, -0.25) is 0 Å². The molecule has 2 unspecified atom stereocenters. The third kappa shape index (κ3) is 1.94. The molecule has 1 aliphatic rings. The van der Waals surface area contributed by atoms with Gasteiger partial charge in [-0.25, -0.2) is 0 Å². The first kappa shape index (κ1) is 9.22. The lowest BCUT2D eigenvalue weighted by molar-refractivity contribution is 0.504. The predicted molar refractivity (Wildman–Crippen MR) is 58.7 cm³/mol. The average Bonchev–Trinajstić information content (AvgIpc) is 2.53. The lowest BCUT2D eigenvalue weighted by atomic mass is 9.96. The van der Waals surface area contributed by atoms with E-state index in [1.165, 1.54) is 12.0 Å². The molecule has 0 saturated carbocycles. The highest BCUT2D eigenvalue weighted by atomic mass is 79.9. The Hall–Kier alpha value is -0.340. The number of nitrogens with one attached hydrogen (secondary N) is 1. The van der Waals surface area contributed by atoms with E-state index in [1.807, 2.05) is 0 Å². The van der Waals surface area contributed by atoms with Crippen molar-refractivity contribution in [3.63, 3.8) is 0 Å². The number of rotatable bonds is 1. The molecule has 70 valence electrons. The van der Waals surface area contributed by atoms with Crippen LogP contribution in [0.2, 0.25) is 0 Å². The first-order chi connectivity index (χ1) is 6.27. The van der Waals surface area contributed by atoms with Crippen molar-refractivity contribution in [3.8, 4) is 0 Å². The van der Waals surface area contributed by atoms with Crippen molar-refractivity contribution < 1.29 is 0 Å². The Morgan fingerprint density at radius 1 is 1.31 bits per heavy atom. The van der Waals surface area contributed by atoms with Crippen LogP contribution in [-0.4, -0.2) is 6.54 Å². The Morgan fingerprint density at radius 3 is 2.54 bits per heavy atom. The first-order valence-corrected chi connectivity index (χ1v) is 5.55. The molecule has 0 amide bonds. The molecule has 1 heterocycles. The van der Waals surface area contributed by atoms with Crippen LogP contribution in [0, 0.1) is 5.92 Å². The van der Waals surface area contributed by atoms with Gasteiger partial charge < -0.3 is 5.32 Å². The van der Waals surface area contributed by atoms with Gasteiger partial charge in [0.05, 0.1) is 0 Å². The molecule has 1 N–H and O–H groups in total. The van der Waals surface area contributed by atoms with Gasteiger partial charge in [0.2, 0.25) is 0 Å². The zero-order valence-corrected chi connectivity index (χ0v) is 9.34. The molecule has 1 aliphatic heterocycles. The Bertz CT molecular complexity index is 281. The maximum absolute atomic E-state index is 3.53.